The van der Waals surface area contributed by atoms with Crippen molar-refractivity contribution in [3.63, 3.8) is 0 Å². The number of fused-ring (bicyclic) bond motifs is 1. The number of hydrogen-bond acceptors (Lipinski definition) is 0. The van der Waals surface area contributed by atoms with Gasteiger partial charge in [-0.05, 0) is 54.6 Å². The second-order valence-electron chi connectivity index (χ2n) is 8.72. The van der Waals surface area contributed by atoms with E-state index in [0.717, 1.165) is 34.3 Å². The van der Waals surface area contributed by atoms with Crippen molar-refractivity contribution in [2.45, 2.75) is 13.8 Å². The summed E-state index contributed by atoms with van der Waals surface area (Å²) in [4.78, 5) is 0. The van der Waals surface area contributed by atoms with Gasteiger partial charge in [0.15, 0.2) is 12.4 Å². The highest BCUT2D eigenvalue weighted by atomic mass is 19.1. The highest BCUT2D eigenvalue weighted by Gasteiger charge is 2.21. The quantitative estimate of drug-likeness (QED) is 0.193. The maximum Gasteiger partial charge on any atom is 0.223 e. The lowest BCUT2D eigenvalue weighted by Crippen LogP contribution is -2.31. The van der Waals surface area contributed by atoms with E-state index < -0.39 is 23.3 Å². The second-order valence-corrected chi connectivity index (χ2v) is 8.72. The molecule has 2 heterocycles. The van der Waals surface area contributed by atoms with Gasteiger partial charge in [-0.15, -0.1) is 0 Å². The van der Waals surface area contributed by atoms with E-state index in [9.17, 15) is 17.6 Å². The first-order chi connectivity index (χ1) is 17.2. The molecule has 0 aliphatic rings. The maximum absolute atomic E-state index is 14.3. The summed E-state index contributed by atoms with van der Waals surface area (Å²) in [7, 11) is 3.70. The Bertz CT molecular complexity index is 1530. The summed E-state index contributed by atoms with van der Waals surface area (Å²) < 4.78 is 57.9. The van der Waals surface area contributed by atoms with Gasteiger partial charge in [-0.25, -0.2) is 26.7 Å². The van der Waals surface area contributed by atoms with Crippen LogP contribution in [-0.2, 0) is 14.1 Å². The first-order valence-electron chi connectivity index (χ1n) is 11.4. The lowest BCUT2D eigenvalue weighted by Gasteiger charge is -2.09. The molecule has 0 atom stereocenters. The third-order valence-corrected chi connectivity index (χ3v) is 6.10. The second kappa shape index (κ2) is 10.3. The van der Waals surface area contributed by atoms with Gasteiger partial charge in [-0.1, -0.05) is 18.2 Å². The first-order valence-corrected chi connectivity index (χ1v) is 11.4. The number of benzene rings is 3. The van der Waals surface area contributed by atoms with E-state index in [-0.39, 0.29) is 0 Å². The number of rotatable bonds is 2. The standard InChI is InChI=1S/C17H14F2N.C13H12F2N/c1-11-9-13(18)10-15(19)16(11)17-14-6-4-3-5-12(14)7-8-20(17)2;1-9-7-10(14)8-11(15)13(9)12-5-3-4-6-16(12)2/h3-10H,1-2H3;3-8H,1-2H3/q2*+1. The molecule has 0 aliphatic heterocycles. The fourth-order valence-corrected chi connectivity index (χ4v) is 4.44. The minimum atomic E-state index is -0.549. The topological polar surface area (TPSA) is 7.76 Å². The molecule has 0 saturated heterocycles. The molecule has 2 aromatic heterocycles. The molecular formula is C30H26F4N2+2. The molecule has 0 aliphatic carbocycles. The zero-order valence-corrected chi connectivity index (χ0v) is 20.5. The number of nitrogens with zero attached hydrogens (tertiary/aromatic N) is 2. The number of pyridine rings is 2. The van der Waals surface area contributed by atoms with E-state index in [0.29, 0.717) is 22.3 Å². The summed E-state index contributed by atoms with van der Waals surface area (Å²) in [6.45, 7) is 3.43. The highest BCUT2D eigenvalue weighted by molar-refractivity contribution is 5.93. The molecule has 0 bridgehead atoms. The molecule has 0 unspecified atom stereocenters. The Hall–Kier alpha value is -4.06. The predicted octanol–water partition coefficient (Wildman–Crippen LogP) is 6.68. The average molecular weight is 491 g/mol. The fraction of sp³-hybridized carbons (Fsp3) is 0.133. The van der Waals surface area contributed by atoms with E-state index in [1.807, 2.05) is 84.2 Å². The van der Waals surface area contributed by atoms with Crippen molar-refractivity contribution in [1.29, 1.82) is 0 Å². The molecule has 0 saturated carbocycles. The summed E-state index contributed by atoms with van der Waals surface area (Å²) in [6, 6.07) is 19.8. The van der Waals surface area contributed by atoms with Gasteiger partial charge in [0, 0.05) is 30.3 Å². The smallest absolute Gasteiger partial charge is 0.207 e. The van der Waals surface area contributed by atoms with E-state index in [4.69, 9.17) is 0 Å². The molecular weight excluding hydrogens is 464 g/mol. The Morgan fingerprint density at radius 2 is 1.17 bits per heavy atom. The molecule has 0 N–H and O–H groups in total. The number of aromatic nitrogens is 2. The molecule has 5 rings (SSSR count). The van der Waals surface area contributed by atoms with Crippen molar-refractivity contribution >= 4 is 10.8 Å². The van der Waals surface area contributed by atoms with Gasteiger partial charge in [-0.2, -0.15) is 0 Å². The SMILES string of the molecule is Cc1cc(F)cc(F)c1-c1c2ccccc2cc[n+]1C.Cc1cc(F)cc(F)c1-c1cccc[n+]1C. The number of aryl methyl sites for hydroxylation is 4. The van der Waals surface area contributed by atoms with Crippen LogP contribution in [0.3, 0.4) is 0 Å². The molecule has 182 valence electrons. The zero-order valence-electron chi connectivity index (χ0n) is 20.5. The van der Waals surface area contributed by atoms with E-state index in [1.54, 1.807) is 13.8 Å². The summed E-state index contributed by atoms with van der Waals surface area (Å²) in [5.74, 6) is -2.15. The van der Waals surface area contributed by atoms with Crippen LogP contribution < -0.4 is 9.13 Å². The molecule has 2 nitrogen and oxygen atoms in total. The van der Waals surface area contributed by atoms with Crippen LogP contribution >= 0.6 is 0 Å². The summed E-state index contributed by atoms with van der Waals surface area (Å²) in [5.41, 5.74) is 3.58. The molecule has 0 spiro atoms. The van der Waals surface area contributed by atoms with Gasteiger partial charge in [0.25, 0.3) is 0 Å². The molecule has 5 aromatic rings. The van der Waals surface area contributed by atoms with E-state index in [1.165, 1.54) is 12.1 Å². The number of hydrogen-bond donors (Lipinski definition) is 0. The Labute approximate surface area is 207 Å². The largest absolute Gasteiger partial charge is 0.223 e. The molecule has 0 fully saturated rings. The molecule has 0 radical (unpaired) electrons. The van der Waals surface area contributed by atoms with Crippen molar-refractivity contribution in [3.05, 3.63) is 120 Å². The molecule has 36 heavy (non-hydrogen) atoms. The first kappa shape index (κ1) is 25.0. The molecule has 6 heteroatoms. The van der Waals surface area contributed by atoms with Crippen LogP contribution in [-0.4, -0.2) is 0 Å². The van der Waals surface area contributed by atoms with E-state index in [2.05, 4.69) is 0 Å². The van der Waals surface area contributed by atoms with Gasteiger partial charge in [0.2, 0.25) is 11.4 Å². The van der Waals surface area contributed by atoms with Gasteiger partial charge >= 0.3 is 0 Å². The highest BCUT2D eigenvalue weighted by Crippen LogP contribution is 2.30. The van der Waals surface area contributed by atoms with Crippen LogP contribution in [0.1, 0.15) is 11.1 Å². The molecule has 3 aromatic carbocycles. The van der Waals surface area contributed by atoms with Crippen molar-refractivity contribution in [2.24, 2.45) is 14.1 Å². The summed E-state index contributed by atoms with van der Waals surface area (Å²) in [6.07, 6.45) is 3.72. The summed E-state index contributed by atoms with van der Waals surface area (Å²) in [5, 5.41) is 1.98. The lowest BCUT2D eigenvalue weighted by molar-refractivity contribution is -0.660. The minimum absolute atomic E-state index is 0.449. The van der Waals surface area contributed by atoms with Crippen LogP contribution in [0.25, 0.3) is 33.3 Å². The third kappa shape index (κ3) is 4.98. The van der Waals surface area contributed by atoms with Crippen molar-refractivity contribution < 1.29 is 26.7 Å². The van der Waals surface area contributed by atoms with Crippen LogP contribution in [0.5, 0.6) is 0 Å². The van der Waals surface area contributed by atoms with E-state index >= 15 is 0 Å². The zero-order chi connectivity index (χ0) is 26.0. The van der Waals surface area contributed by atoms with Gasteiger partial charge in [-0.3, -0.25) is 0 Å². The average Bonchev–Trinajstić information content (AvgIpc) is 2.81. The lowest BCUT2D eigenvalue weighted by atomic mass is 9.99. The Balaban J connectivity index is 0.000000174. The van der Waals surface area contributed by atoms with Gasteiger partial charge in [0.05, 0.1) is 16.5 Å². The Morgan fingerprint density at radius 3 is 1.78 bits per heavy atom. The normalized spacial score (nSPS) is 10.8. The minimum Gasteiger partial charge on any atom is -0.207 e. The fourth-order valence-electron chi connectivity index (χ4n) is 4.44. The third-order valence-electron chi connectivity index (χ3n) is 6.10. The van der Waals surface area contributed by atoms with Crippen molar-refractivity contribution in [2.75, 3.05) is 0 Å². The van der Waals surface area contributed by atoms with Crippen molar-refractivity contribution in [1.82, 2.24) is 0 Å². The molecule has 0 amide bonds. The van der Waals surface area contributed by atoms with Gasteiger partial charge < -0.3 is 0 Å². The van der Waals surface area contributed by atoms with Crippen LogP contribution in [0, 0.1) is 37.1 Å². The van der Waals surface area contributed by atoms with Gasteiger partial charge in [0.1, 0.15) is 37.4 Å². The van der Waals surface area contributed by atoms with Crippen LogP contribution in [0.2, 0.25) is 0 Å². The number of halogens is 4. The van der Waals surface area contributed by atoms with Crippen molar-refractivity contribution in [3.8, 4) is 22.5 Å². The Kier molecular flexibility index (Phi) is 7.15. The Morgan fingerprint density at radius 1 is 0.583 bits per heavy atom. The summed E-state index contributed by atoms with van der Waals surface area (Å²) >= 11 is 0. The van der Waals surface area contributed by atoms with Crippen LogP contribution in [0.15, 0.2) is 85.2 Å². The predicted molar refractivity (Wildman–Crippen MR) is 133 cm³/mol. The van der Waals surface area contributed by atoms with Crippen LogP contribution in [0.4, 0.5) is 17.6 Å². The monoisotopic (exact) mass is 490 g/mol. The maximum atomic E-state index is 14.3.